The highest BCUT2D eigenvalue weighted by Gasteiger charge is 2.36. The lowest BCUT2D eigenvalue weighted by atomic mass is 10.1. The normalized spacial score (nSPS) is 12.0. The molecule has 0 aliphatic carbocycles. The Balaban J connectivity index is 3.29. The minimum absolute atomic E-state index is 0.0323. The third-order valence-electron chi connectivity index (χ3n) is 3.56. The van der Waals surface area contributed by atoms with E-state index in [0.717, 1.165) is 18.9 Å². The van der Waals surface area contributed by atoms with Crippen molar-refractivity contribution in [3.8, 4) is 0 Å². The van der Waals surface area contributed by atoms with Crippen LogP contribution >= 0.6 is 0 Å². The lowest BCUT2D eigenvalue weighted by Crippen LogP contribution is -2.38. The number of methoxy groups -OCH3 is 1. The predicted molar refractivity (Wildman–Crippen MR) is 79.4 cm³/mol. The van der Waals surface area contributed by atoms with Crippen LogP contribution in [0.15, 0.2) is 18.2 Å². The first-order valence-corrected chi connectivity index (χ1v) is 7.07. The Morgan fingerprint density at radius 2 is 1.86 bits per heavy atom. The molecule has 0 aromatic heterocycles. The fraction of sp³-hybridized carbons (Fsp3) is 0.600. The van der Waals surface area contributed by atoms with Gasteiger partial charge < -0.3 is 15.4 Å². The highest BCUT2D eigenvalue weighted by molar-refractivity contribution is 5.61. The maximum absolute atomic E-state index is 13.3. The van der Waals surface area contributed by atoms with Crippen molar-refractivity contribution in [3.05, 3.63) is 23.8 Å². The molecule has 0 unspecified atom stereocenters. The zero-order chi connectivity index (χ0) is 16.0. The summed E-state index contributed by atoms with van der Waals surface area (Å²) in [5.41, 5.74) is 5.12. The molecule has 0 aliphatic heterocycles. The van der Waals surface area contributed by atoms with Crippen LogP contribution in [0, 0.1) is 0 Å². The molecule has 0 saturated carbocycles. The number of nitrogens with zero attached hydrogens (tertiary/aromatic N) is 1. The number of rotatable bonds is 7. The second-order valence-corrected chi connectivity index (χ2v) is 4.93. The maximum Gasteiger partial charge on any atom is 0.418 e. The molecular formula is C15H23F3N2O. The molecule has 6 heteroatoms. The maximum atomic E-state index is 13.3. The van der Waals surface area contributed by atoms with Gasteiger partial charge in [-0.1, -0.05) is 13.8 Å². The Morgan fingerprint density at radius 1 is 1.24 bits per heavy atom. The molecule has 0 radical (unpaired) electrons. The quantitative estimate of drug-likeness (QED) is 0.776. The zero-order valence-electron chi connectivity index (χ0n) is 12.7. The molecule has 0 amide bonds. The monoisotopic (exact) mass is 304 g/mol. The second kappa shape index (κ2) is 7.54. The van der Waals surface area contributed by atoms with Crippen LogP contribution in [0.3, 0.4) is 0 Å². The number of alkyl halides is 3. The fourth-order valence-corrected chi connectivity index (χ4v) is 2.45. The Kier molecular flexibility index (Phi) is 6.33. The van der Waals surface area contributed by atoms with Crippen molar-refractivity contribution in [2.75, 3.05) is 30.9 Å². The summed E-state index contributed by atoms with van der Waals surface area (Å²) in [5.74, 6) is 0. The summed E-state index contributed by atoms with van der Waals surface area (Å²) in [6.45, 7) is 4.73. The van der Waals surface area contributed by atoms with Crippen molar-refractivity contribution in [1.82, 2.24) is 0 Å². The van der Waals surface area contributed by atoms with E-state index in [9.17, 15) is 13.2 Å². The molecule has 0 heterocycles. The van der Waals surface area contributed by atoms with Gasteiger partial charge in [0, 0.05) is 31.1 Å². The third kappa shape index (κ3) is 4.52. The first-order chi connectivity index (χ1) is 9.85. The summed E-state index contributed by atoms with van der Waals surface area (Å²) < 4.78 is 44.8. The van der Waals surface area contributed by atoms with Gasteiger partial charge in [-0.15, -0.1) is 0 Å². The summed E-state index contributed by atoms with van der Waals surface area (Å²) in [7, 11) is 1.54. The van der Waals surface area contributed by atoms with Gasteiger partial charge in [-0.05, 0) is 31.0 Å². The van der Waals surface area contributed by atoms with Crippen LogP contribution in [0.1, 0.15) is 32.3 Å². The number of nitrogen functional groups attached to an aromatic ring is 1. The van der Waals surface area contributed by atoms with E-state index in [4.69, 9.17) is 10.5 Å². The van der Waals surface area contributed by atoms with E-state index in [2.05, 4.69) is 0 Å². The van der Waals surface area contributed by atoms with Gasteiger partial charge >= 0.3 is 6.18 Å². The minimum Gasteiger partial charge on any atom is -0.399 e. The van der Waals surface area contributed by atoms with Crippen molar-refractivity contribution in [2.45, 2.75) is 38.9 Å². The SMILES string of the molecule is CCC(CC)N(CCOC)c1ccc(N)cc1C(F)(F)F. The van der Waals surface area contributed by atoms with Crippen LogP contribution in [-0.2, 0) is 10.9 Å². The number of benzene rings is 1. The van der Waals surface area contributed by atoms with E-state index >= 15 is 0 Å². The van der Waals surface area contributed by atoms with Gasteiger partial charge in [0.15, 0.2) is 0 Å². The third-order valence-corrected chi connectivity index (χ3v) is 3.56. The number of hydrogen-bond donors (Lipinski definition) is 1. The molecule has 0 bridgehead atoms. The van der Waals surface area contributed by atoms with Crippen molar-refractivity contribution >= 4 is 11.4 Å². The van der Waals surface area contributed by atoms with Crippen LogP contribution < -0.4 is 10.6 Å². The molecule has 21 heavy (non-hydrogen) atoms. The average molecular weight is 304 g/mol. The van der Waals surface area contributed by atoms with E-state index in [1.165, 1.54) is 12.1 Å². The van der Waals surface area contributed by atoms with Gasteiger partial charge in [-0.25, -0.2) is 0 Å². The zero-order valence-corrected chi connectivity index (χ0v) is 12.7. The molecule has 0 saturated heterocycles. The van der Waals surface area contributed by atoms with E-state index in [1.807, 2.05) is 13.8 Å². The van der Waals surface area contributed by atoms with Crippen LogP contribution in [0.25, 0.3) is 0 Å². The van der Waals surface area contributed by atoms with E-state index in [-0.39, 0.29) is 17.4 Å². The number of ether oxygens (including phenoxy) is 1. The van der Waals surface area contributed by atoms with Crippen molar-refractivity contribution in [1.29, 1.82) is 0 Å². The van der Waals surface area contributed by atoms with Crippen LogP contribution in [-0.4, -0.2) is 26.3 Å². The Hall–Kier alpha value is -1.43. The molecular weight excluding hydrogens is 281 g/mol. The van der Waals surface area contributed by atoms with Gasteiger partial charge in [0.2, 0.25) is 0 Å². The van der Waals surface area contributed by atoms with Crippen LogP contribution in [0.4, 0.5) is 24.5 Å². The molecule has 0 aliphatic rings. The molecule has 2 N–H and O–H groups in total. The van der Waals surface area contributed by atoms with E-state index in [1.54, 1.807) is 12.0 Å². The lowest BCUT2D eigenvalue weighted by Gasteiger charge is -2.34. The van der Waals surface area contributed by atoms with Crippen molar-refractivity contribution in [3.63, 3.8) is 0 Å². The van der Waals surface area contributed by atoms with Crippen molar-refractivity contribution < 1.29 is 17.9 Å². The fourth-order valence-electron chi connectivity index (χ4n) is 2.45. The molecule has 1 aromatic rings. The van der Waals surface area contributed by atoms with Gasteiger partial charge in [0.05, 0.1) is 12.2 Å². The smallest absolute Gasteiger partial charge is 0.399 e. The van der Waals surface area contributed by atoms with Gasteiger partial charge in [-0.3, -0.25) is 0 Å². The summed E-state index contributed by atoms with van der Waals surface area (Å²) in [6.07, 6.45) is -2.90. The predicted octanol–water partition coefficient (Wildman–Crippen LogP) is 3.93. The number of hydrogen-bond acceptors (Lipinski definition) is 3. The lowest BCUT2D eigenvalue weighted by molar-refractivity contribution is -0.137. The topological polar surface area (TPSA) is 38.5 Å². The first kappa shape index (κ1) is 17.6. The molecule has 120 valence electrons. The average Bonchev–Trinajstić information content (AvgIpc) is 2.43. The largest absolute Gasteiger partial charge is 0.418 e. The van der Waals surface area contributed by atoms with Gasteiger partial charge in [-0.2, -0.15) is 13.2 Å². The Labute approximate surface area is 123 Å². The number of halogens is 3. The standard InChI is InChI=1S/C15H23F3N2O/c1-4-12(5-2)20(8-9-21-3)14-7-6-11(19)10-13(14)15(16,17)18/h6-7,10,12H,4-5,8-9,19H2,1-3H3. The summed E-state index contributed by atoms with van der Waals surface area (Å²) in [6, 6.07) is 3.99. The molecule has 3 nitrogen and oxygen atoms in total. The Morgan fingerprint density at radius 3 is 2.33 bits per heavy atom. The van der Waals surface area contributed by atoms with Crippen LogP contribution in [0.2, 0.25) is 0 Å². The summed E-state index contributed by atoms with van der Waals surface area (Å²) in [5, 5.41) is 0. The molecule has 0 atom stereocenters. The van der Waals surface area contributed by atoms with E-state index in [0.29, 0.717) is 13.2 Å². The minimum atomic E-state index is -4.43. The molecule has 1 rings (SSSR count). The van der Waals surface area contributed by atoms with Crippen molar-refractivity contribution in [2.24, 2.45) is 0 Å². The van der Waals surface area contributed by atoms with Crippen LogP contribution in [0.5, 0.6) is 0 Å². The summed E-state index contributed by atoms with van der Waals surface area (Å²) >= 11 is 0. The highest BCUT2D eigenvalue weighted by Crippen LogP contribution is 2.38. The molecule has 1 aromatic carbocycles. The number of anilines is 2. The Bertz CT molecular complexity index is 445. The first-order valence-electron chi connectivity index (χ1n) is 7.07. The van der Waals surface area contributed by atoms with Gasteiger partial charge in [0.1, 0.15) is 0 Å². The summed E-state index contributed by atoms with van der Waals surface area (Å²) in [4.78, 5) is 1.77. The molecule has 0 spiro atoms. The highest BCUT2D eigenvalue weighted by atomic mass is 19.4. The molecule has 0 fully saturated rings. The second-order valence-electron chi connectivity index (χ2n) is 4.93. The van der Waals surface area contributed by atoms with E-state index < -0.39 is 11.7 Å². The van der Waals surface area contributed by atoms with Gasteiger partial charge in [0.25, 0.3) is 0 Å². The number of nitrogens with two attached hydrogens (primary N) is 1.